The van der Waals surface area contributed by atoms with Crippen LogP contribution in [0.5, 0.6) is 0 Å². The molecule has 0 aliphatic heterocycles. The van der Waals surface area contributed by atoms with Gasteiger partial charge in [0.2, 0.25) is 0 Å². The lowest BCUT2D eigenvalue weighted by Crippen LogP contribution is -2.14. The van der Waals surface area contributed by atoms with Gasteiger partial charge in [-0.1, -0.05) is 5.11 Å². The predicted octanol–water partition coefficient (Wildman–Crippen LogP) is 3.25. The molecule has 0 N–H and O–H groups in total. The monoisotopic (exact) mass is 242 g/mol. The summed E-state index contributed by atoms with van der Waals surface area (Å²) in [6, 6.07) is 3.08. The van der Waals surface area contributed by atoms with Crippen molar-refractivity contribution >= 4 is 5.69 Å². The number of benzene rings is 1. The number of azide groups is 1. The molecule has 0 bridgehead atoms. The smallest absolute Gasteiger partial charge is 0.258 e. The zero-order chi connectivity index (χ0) is 12.8. The number of nitrogens with zero attached hydrogens (tertiary/aromatic N) is 4. The van der Waals surface area contributed by atoms with Gasteiger partial charge in [-0.2, -0.15) is 0 Å². The van der Waals surface area contributed by atoms with Crippen LogP contribution in [-0.2, 0) is 0 Å². The van der Waals surface area contributed by atoms with E-state index < -0.39 is 23.8 Å². The Labute approximate surface area is 94.6 Å². The maximum atomic E-state index is 13.6. The van der Waals surface area contributed by atoms with Gasteiger partial charge in [-0.25, -0.2) is 4.39 Å². The van der Waals surface area contributed by atoms with Gasteiger partial charge in [0, 0.05) is 17.0 Å². The first kappa shape index (κ1) is 12.9. The van der Waals surface area contributed by atoms with Crippen LogP contribution in [0.1, 0.15) is 11.7 Å². The number of nitro benzene ring substituents is 1. The van der Waals surface area contributed by atoms with Crippen molar-refractivity contribution < 1.29 is 13.7 Å². The Morgan fingerprint density at radius 3 is 2.47 bits per heavy atom. The van der Waals surface area contributed by atoms with Crippen LogP contribution in [0.4, 0.5) is 14.5 Å². The van der Waals surface area contributed by atoms with Gasteiger partial charge in [0.1, 0.15) is 18.9 Å². The fourth-order valence-electron chi connectivity index (χ4n) is 1.24. The average molecular weight is 242 g/mol. The maximum absolute atomic E-state index is 13.6. The van der Waals surface area contributed by atoms with Crippen LogP contribution < -0.4 is 0 Å². The van der Waals surface area contributed by atoms with E-state index in [1.807, 2.05) is 0 Å². The van der Waals surface area contributed by atoms with Gasteiger partial charge in [0.05, 0.1) is 4.92 Å². The Hall–Kier alpha value is -2.21. The van der Waals surface area contributed by atoms with Crippen molar-refractivity contribution in [1.29, 1.82) is 0 Å². The van der Waals surface area contributed by atoms with Crippen LogP contribution in [0.25, 0.3) is 10.4 Å². The molecular weight excluding hydrogens is 234 g/mol. The molecule has 0 aliphatic carbocycles. The quantitative estimate of drug-likeness (QED) is 0.260. The normalized spacial score (nSPS) is 13.5. The molecule has 17 heavy (non-hydrogen) atoms. The van der Waals surface area contributed by atoms with E-state index in [2.05, 4.69) is 10.0 Å². The topological polar surface area (TPSA) is 91.9 Å². The van der Waals surface area contributed by atoms with Gasteiger partial charge < -0.3 is 0 Å². The maximum Gasteiger partial charge on any atom is 0.269 e. The average Bonchev–Trinajstić information content (AvgIpc) is 2.35. The number of hydrogen-bond acceptors (Lipinski definition) is 3. The molecule has 0 amide bonds. The Morgan fingerprint density at radius 2 is 2.06 bits per heavy atom. The molecule has 0 fully saturated rings. The van der Waals surface area contributed by atoms with Crippen molar-refractivity contribution in [3.8, 4) is 0 Å². The van der Waals surface area contributed by atoms with E-state index in [0.717, 1.165) is 12.1 Å². The first-order valence-electron chi connectivity index (χ1n) is 4.58. The molecule has 90 valence electrons. The number of rotatable bonds is 5. The minimum atomic E-state index is -1.82. The summed E-state index contributed by atoms with van der Waals surface area (Å²) in [6.07, 6.45) is -1.82. The van der Waals surface area contributed by atoms with Crippen molar-refractivity contribution in [3.63, 3.8) is 0 Å². The molecule has 0 radical (unpaired) electrons. The lowest BCUT2D eigenvalue weighted by atomic mass is 10.0. The number of halogens is 2. The third-order valence-corrected chi connectivity index (χ3v) is 2.12. The summed E-state index contributed by atoms with van der Waals surface area (Å²) in [5, 5.41) is 13.3. The Bertz CT molecular complexity index is 445. The summed E-state index contributed by atoms with van der Waals surface area (Å²) in [4.78, 5) is 12.1. The molecule has 1 aromatic carbocycles. The Kier molecular flexibility index (Phi) is 4.36. The van der Waals surface area contributed by atoms with Crippen LogP contribution in [0.2, 0.25) is 0 Å². The molecule has 1 rings (SSSR count). The highest BCUT2D eigenvalue weighted by Crippen LogP contribution is 2.26. The number of non-ortho nitro benzene ring substituents is 1. The van der Waals surface area contributed by atoms with E-state index >= 15 is 0 Å². The number of hydrogen-bond donors (Lipinski definition) is 0. The molecule has 8 heteroatoms. The van der Waals surface area contributed by atoms with Crippen molar-refractivity contribution in [2.24, 2.45) is 5.11 Å². The van der Waals surface area contributed by atoms with Crippen LogP contribution in [0, 0.1) is 10.1 Å². The van der Waals surface area contributed by atoms with Crippen molar-refractivity contribution in [2.45, 2.75) is 12.2 Å². The fraction of sp³-hybridized carbons (Fsp3) is 0.333. The molecule has 0 spiro atoms. The molecule has 1 unspecified atom stereocenters. The number of alkyl halides is 2. The summed E-state index contributed by atoms with van der Waals surface area (Å²) >= 11 is 0. The summed E-state index contributed by atoms with van der Waals surface area (Å²) in [5.41, 5.74) is 7.96. The van der Waals surface area contributed by atoms with Gasteiger partial charge in [-0.05, 0) is 23.2 Å². The van der Waals surface area contributed by atoms with Crippen LogP contribution >= 0.6 is 0 Å². The number of nitro groups is 1. The first-order chi connectivity index (χ1) is 8.10. The molecule has 0 heterocycles. The molecule has 6 nitrogen and oxygen atoms in total. The molecule has 0 aromatic heterocycles. The van der Waals surface area contributed by atoms with E-state index in [1.165, 1.54) is 12.1 Å². The van der Waals surface area contributed by atoms with E-state index in [-0.39, 0.29) is 11.3 Å². The highest BCUT2D eigenvalue weighted by Gasteiger charge is 2.22. The van der Waals surface area contributed by atoms with E-state index in [4.69, 9.17) is 5.53 Å². The molecule has 0 saturated heterocycles. The SMILES string of the molecule is [N-]=[N+]=N[C@H](CF)C(F)c1ccc([N+](=O)[O-])cc1. The van der Waals surface area contributed by atoms with Crippen LogP contribution in [0.15, 0.2) is 29.4 Å². The third-order valence-electron chi connectivity index (χ3n) is 2.12. The highest BCUT2D eigenvalue weighted by molar-refractivity contribution is 5.34. The highest BCUT2D eigenvalue weighted by atomic mass is 19.1. The second kappa shape index (κ2) is 5.76. The summed E-state index contributed by atoms with van der Waals surface area (Å²) < 4.78 is 26.0. The second-order valence-electron chi connectivity index (χ2n) is 3.18. The molecular formula is C9H8F2N4O2. The molecule has 0 saturated carbocycles. The van der Waals surface area contributed by atoms with Gasteiger partial charge in [-0.3, -0.25) is 14.5 Å². The minimum Gasteiger partial charge on any atom is -0.258 e. The van der Waals surface area contributed by atoms with E-state index in [1.54, 1.807) is 0 Å². The lowest BCUT2D eigenvalue weighted by Gasteiger charge is -2.12. The molecule has 1 aromatic rings. The standard InChI is InChI=1S/C9H8F2N4O2/c10-5-8(13-14-12)9(11)6-1-3-7(4-2-6)15(16)17/h1-4,8-9H,5H2/t8-,9?/m1/s1. The molecule has 0 aliphatic rings. The first-order valence-corrected chi connectivity index (χ1v) is 4.58. The van der Waals surface area contributed by atoms with Gasteiger partial charge in [0.25, 0.3) is 5.69 Å². The van der Waals surface area contributed by atoms with Crippen LogP contribution in [-0.4, -0.2) is 17.6 Å². The second-order valence-corrected chi connectivity index (χ2v) is 3.18. The minimum absolute atomic E-state index is 0.0330. The van der Waals surface area contributed by atoms with E-state index in [0.29, 0.717) is 0 Å². The fourth-order valence-corrected chi connectivity index (χ4v) is 1.24. The summed E-state index contributed by atoms with van der Waals surface area (Å²) in [5.74, 6) is 0. The lowest BCUT2D eigenvalue weighted by molar-refractivity contribution is -0.384. The molecule has 2 atom stereocenters. The van der Waals surface area contributed by atoms with Gasteiger partial charge >= 0.3 is 0 Å². The van der Waals surface area contributed by atoms with Gasteiger partial charge in [-0.15, -0.1) is 0 Å². The zero-order valence-electron chi connectivity index (χ0n) is 8.53. The summed E-state index contributed by atoms with van der Waals surface area (Å²) in [7, 11) is 0. The van der Waals surface area contributed by atoms with Crippen molar-refractivity contribution in [1.82, 2.24) is 0 Å². The third kappa shape index (κ3) is 3.12. The van der Waals surface area contributed by atoms with E-state index in [9.17, 15) is 18.9 Å². The largest absolute Gasteiger partial charge is 0.269 e. The Balaban J connectivity index is 2.92. The summed E-state index contributed by atoms with van der Waals surface area (Å²) in [6.45, 7) is -1.14. The van der Waals surface area contributed by atoms with Crippen molar-refractivity contribution in [2.75, 3.05) is 6.67 Å². The predicted molar refractivity (Wildman–Crippen MR) is 55.9 cm³/mol. The Morgan fingerprint density at radius 1 is 1.47 bits per heavy atom. The van der Waals surface area contributed by atoms with Gasteiger partial charge in [0.15, 0.2) is 0 Å². The zero-order valence-corrected chi connectivity index (χ0v) is 8.53. The van der Waals surface area contributed by atoms with Crippen molar-refractivity contribution in [3.05, 3.63) is 50.4 Å². The van der Waals surface area contributed by atoms with Crippen LogP contribution in [0.3, 0.4) is 0 Å².